The van der Waals surface area contributed by atoms with Gasteiger partial charge in [-0.3, -0.25) is 0 Å². The van der Waals surface area contributed by atoms with Gasteiger partial charge in [0.25, 0.3) is 0 Å². The van der Waals surface area contributed by atoms with Crippen LogP contribution in [0.1, 0.15) is 10.4 Å². The Bertz CT molecular complexity index is 547. The van der Waals surface area contributed by atoms with Gasteiger partial charge >= 0.3 is 0 Å². The van der Waals surface area contributed by atoms with Crippen molar-refractivity contribution in [1.29, 1.82) is 0 Å². The number of aromatic carboxylic acids is 1. The molecule has 0 spiro atoms. The zero-order valence-electron chi connectivity index (χ0n) is 11.9. The van der Waals surface area contributed by atoms with Crippen LogP contribution in [0.15, 0.2) is 29.2 Å². The molecule has 0 amide bonds. The maximum Gasteiger partial charge on any atom is 0.243 e. The molecule has 0 aliphatic heterocycles. The fraction of sp³-hybridized carbons (Fsp3) is 0.462. The first kappa shape index (κ1) is 17.6. The summed E-state index contributed by atoms with van der Waals surface area (Å²) in [4.78, 5) is 10.7. The summed E-state index contributed by atoms with van der Waals surface area (Å²) in [5, 5.41) is 10.7. The normalized spacial score (nSPS) is 11.8. The molecule has 1 rings (SSSR count). The van der Waals surface area contributed by atoms with Crippen LogP contribution in [0.4, 0.5) is 0 Å². The van der Waals surface area contributed by atoms with Gasteiger partial charge in [-0.15, -0.1) is 0 Å². The molecule has 0 saturated heterocycles. The summed E-state index contributed by atoms with van der Waals surface area (Å²) in [7, 11) is -0.764. The Morgan fingerprint density at radius 1 is 1.10 bits per heavy atom. The van der Waals surface area contributed by atoms with E-state index in [-0.39, 0.29) is 36.8 Å². The van der Waals surface area contributed by atoms with Crippen molar-refractivity contribution in [3.8, 4) is 0 Å². The quantitative estimate of drug-likeness (QED) is 0.600. The molecule has 8 heteroatoms. The van der Waals surface area contributed by atoms with Crippen molar-refractivity contribution in [2.45, 2.75) is 4.90 Å². The molecule has 0 fully saturated rings. The third kappa shape index (κ3) is 4.78. The first-order valence-electron chi connectivity index (χ1n) is 6.23. The first-order chi connectivity index (χ1) is 9.93. The predicted molar refractivity (Wildman–Crippen MR) is 73.3 cm³/mol. The maximum absolute atomic E-state index is 12.5. The summed E-state index contributed by atoms with van der Waals surface area (Å²) in [6.07, 6.45) is 0. The van der Waals surface area contributed by atoms with Crippen molar-refractivity contribution in [1.82, 2.24) is 4.31 Å². The molecule has 1 aromatic rings. The number of nitrogens with zero attached hydrogens (tertiary/aromatic N) is 1. The van der Waals surface area contributed by atoms with E-state index in [0.29, 0.717) is 0 Å². The highest BCUT2D eigenvalue weighted by Crippen LogP contribution is 2.16. The van der Waals surface area contributed by atoms with Crippen LogP contribution >= 0.6 is 0 Å². The van der Waals surface area contributed by atoms with Crippen LogP contribution in [0, 0.1) is 0 Å². The van der Waals surface area contributed by atoms with E-state index in [1.807, 2.05) is 0 Å². The van der Waals surface area contributed by atoms with Crippen molar-refractivity contribution >= 4 is 16.0 Å². The van der Waals surface area contributed by atoms with Crippen molar-refractivity contribution in [3.63, 3.8) is 0 Å². The van der Waals surface area contributed by atoms with Gasteiger partial charge in [-0.25, -0.2) is 8.42 Å². The Balaban J connectivity index is 3.00. The number of carboxylic acid groups (broad SMARTS) is 1. The lowest BCUT2D eigenvalue weighted by atomic mass is 10.2. The van der Waals surface area contributed by atoms with Gasteiger partial charge in [0.15, 0.2) is 0 Å². The van der Waals surface area contributed by atoms with Gasteiger partial charge in [0, 0.05) is 27.3 Å². The number of sulfonamides is 1. The summed E-state index contributed by atoms with van der Waals surface area (Å²) in [5.41, 5.74) is -0.0747. The van der Waals surface area contributed by atoms with Crippen molar-refractivity contribution in [3.05, 3.63) is 29.8 Å². The minimum Gasteiger partial charge on any atom is -0.545 e. The Kier molecular flexibility index (Phi) is 6.76. The Morgan fingerprint density at radius 3 is 1.95 bits per heavy atom. The largest absolute Gasteiger partial charge is 0.545 e. The third-order valence-corrected chi connectivity index (χ3v) is 4.73. The van der Waals surface area contributed by atoms with Crippen molar-refractivity contribution in [2.75, 3.05) is 40.5 Å². The first-order valence-corrected chi connectivity index (χ1v) is 7.67. The van der Waals surface area contributed by atoms with Gasteiger partial charge in [0.2, 0.25) is 10.0 Å². The molecular formula is C13H18NO6S-. The van der Waals surface area contributed by atoms with Crippen LogP contribution in [0.5, 0.6) is 0 Å². The van der Waals surface area contributed by atoms with Crippen LogP contribution < -0.4 is 5.11 Å². The Morgan fingerprint density at radius 2 is 1.57 bits per heavy atom. The molecule has 0 N–H and O–H groups in total. The molecule has 21 heavy (non-hydrogen) atoms. The number of carboxylic acids is 1. The monoisotopic (exact) mass is 316 g/mol. The van der Waals surface area contributed by atoms with Crippen LogP contribution in [-0.4, -0.2) is 59.2 Å². The molecule has 0 aliphatic rings. The van der Waals surface area contributed by atoms with Crippen LogP contribution in [0.3, 0.4) is 0 Å². The number of hydrogen-bond acceptors (Lipinski definition) is 6. The number of hydrogen-bond donors (Lipinski definition) is 0. The van der Waals surface area contributed by atoms with Gasteiger partial charge in [-0.2, -0.15) is 4.31 Å². The highest BCUT2D eigenvalue weighted by atomic mass is 32.2. The molecule has 0 aromatic heterocycles. The number of methoxy groups -OCH3 is 2. The molecule has 0 radical (unpaired) electrons. The van der Waals surface area contributed by atoms with E-state index in [1.54, 1.807) is 0 Å². The van der Waals surface area contributed by atoms with Gasteiger partial charge in [-0.05, 0) is 17.7 Å². The van der Waals surface area contributed by atoms with E-state index >= 15 is 0 Å². The van der Waals surface area contributed by atoms with E-state index in [4.69, 9.17) is 9.47 Å². The molecule has 1 aromatic carbocycles. The number of rotatable bonds is 9. The van der Waals surface area contributed by atoms with Crippen LogP contribution in [-0.2, 0) is 19.5 Å². The van der Waals surface area contributed by atoms with E-state index in [1.165, 1.54) is 42.8 Å². The lowest BCUT2D eigenvalue weighted by Crippen LogP contribution is -2.36. The van der Waals surface area contributed by atoms with E-state index in [2.05, 4.69) is 0 Å². The van der Waals surface area contributed by atoms with E-state index in [9.17, 15) is 18.3 Å². The summed E-state index contributed by atoms with van der Waals surface area (Å²) >= 11 is 0. The fourth-order valence-electron chi connectivity index (χ4n) is 1.65. The maximum atomic E-state index is 12.5. The summed E-state index contributed by atoms with van der Waals surface area (Å²) in [5.74, 6) is -1.35. The molecule has 0 saturated carbocycles. The van der Waals surface area contributed by atoms with E-state index < -0.39 is 16.0 Å². The molecule has 0 aliphatic carbocycles. The standard InChI is InChI=1S/C13H19NO6S/c1-19-9-7-14(8-10-20-2)21(17,18)12-5-3-11(4-6-12)13(15)16/h3-6H,7-10H2,1-2H3,(H,15,16)/p-1. The molecule has 7 nitrogen and oxygen atoms in total. The zero-order valence-corrected chi connectivity index (χ0v) is 12.8. The number of benzene rings is 1. The second-order valence-electron chi connectivity index (χ2n) is 4.20. The minimum atomic E-state index is -3.73. The predicted octanol–water partition coefficient (Wildman–Crippen LogP) is -0.666. The molecule has 0 atom stereocenters. The summed E-state index contributed by atoms with van der Waals surface area (Å²) in [6.45, 7) is 0.870. The lowest BCUT2D eigenvalue weighted by Gasteiger charge is -2.21. The Labute approximate surface area is 124 Å². The number of carbonyl (C=O) groups is 1. The smallest absolute Gasteiger partial charge is 0.243 e. The SMILES string of the molecule is COCCN(CCOC)S(=O)(=O)c1ccc(C(=O)[O-])cc1. The Hall–Kier alpha value is -1.48. The summed E-state index contributed by atoms with van der Waals surface area (Å²) < 4.78 is 36.0. The highest BCUT2D eigenvalue weighted by molar-refractivity contribution is 7.89. The molecular weight excluding hydrogens is 298 g/mol. The molecule has 0 heterocycles. The minimum absolute atomic E-state index is 0.0136. The highest BCUT2D eigenvalue weighted by Gasteiger charge is 2.23. The molecule has 0 bridgehead atoms. The average Bonchev–Trinajstić information content (AvgIpc) is 2.47. The van der Waals surface area contributed by atoms with Gasteiger partial charge in [-0.1, -0.05) is 12.1 Å². The fourth-order valence-corrected chi connectivity index (χ4v) is 3.06. The second-order valence-corrected chi connectivity index (χ2v) is 6.14. The molecule has 0 unspecified atom stereocenters. The number of ether oxygens (including phenoxy) is 2. The van der Waals surface area contributed by atoms with Gasteiger partial charge < -0.3 is 19.4 Å². The second kappa shape index (κ2) is 8.08. The van der Waals surface area contributed by atoms with Gasteiger partial charge in [0.05, 0.1) is 24.1 Å². The lowest BCUT2D eigenvalue weighted by molar-refractivity contribution is -0.255. The molecule has 118 valence electrons. The van der Waals surface area contributed by atoms with E-state index in [0.717, 1.165) is 0 Å². The van der Waals surface area contributed by atoms with Crippen LogP contribution in [0.2, 0.25) is 0 Å². The van der Waals surface area contributed by atoms with Gasteiger partial charge in [0.1, 0.15) is 0 Å². The van der Waals surface area contributed by atoms with Crippen LogP contribution in [0.25, 0.3) is 0 Å². The zero-order chi connectivity index (χ0) is 15.9. The third-order valence-electron chi connectivity index (χ3n) is 2.82. The summed E-state index contributed by atoms with van der Waals surface area (Å²) in [6, 6.07) is 4.89. The van der Waals surface area contributed by atoms with Crippen molar-refractivity contribution < 1.29 is 27.8 Å². The topological polar surface area (TPSA) is 96.0 Å². The van der Waals surface area contributed by atoms with Crippen molar-refractivity contribution in [2.24, 2.45) is 0 Å². The number of carbonyl (C=O) groups excluding carboxylic acids is 1. The average molecular weight is 316 g/mol.